The van der Waals surface area contributed by atoms with E-state index >= 15 is 0 Å². The number of rotatable bonds is 3. The number of nitrogens with zero attached hydrogens (tertiary/aromatic N) is 2. The molecule has 0 saturated carbocycles. The third kappa shape index (κ3) is 3.27. The maximum atomic E-state index is 13.8. The molecule has 2 saturated heterocycles. The molecule has 1 aromatic carbocycles. The van der Waals surface area contributed by atoms with E-state index in [1.807, 2.05) is 0 Å². The van der Waals surface area contributed by atoms with Gasteiger partial charge in [-0.2, -0.15) is 4.31 Å². The van der Waals surface area contributed by atoms with E-state index in [1.165, 1.54) is 16.1 Å². The Hall–Kier alpha value is -2.53. The minimum absolute atomic E-state index is 0.0151. The highest BCUT2D eigenvalue weighted by molar-refractivity contribution is 7.89. The third-order valence-corrected chi connectivity index (χ3v) is 6.15. The van der Waals surface area contributed by atoms with Gasteiger partial charge in [-0.25, -0.2) is 12.8 Å². The number of benzene rings is 1. The Balaban J connectivity index is 1.84. The fourth-order valence-corrected chi connectivity index (χ4v) is 4.50. The number of halogens is 1. The molecule has 2 N–H and O–H groups in total. The van der Waals surface area contributed by atoms with Crippen molar-refractivity contribution in [3.05, 3.63) is 24.0 Å². The summed E-state index contributed by atoms with van der Waals surface area (Å²) >= 11 is 0. The largest absolute Gasteiger partial charge is 0.346 e. The van der Waals surface area contributed by atoms with Crippen LogP contribution in [0.5, 0.6) is 0 Å². The molecule has 0 unspecified atom stereocenters. The maximum absolute atomic E-state index is 13.8. The van der Waals surface area contributed by atoms with Crippen molar-refractivity contribution in [2.75, 3.05) is 31.5 Å². The van der Waals surface area contributed by atoms with Crippen LogP contribution >= 0.6 is 0 Å². The molecule has 0 aliphatic carbocycles. The zero-order valence-corrected chi connectivity index (χ0v) is 14.7. The average molecular weight is 384 g/mol. The van der Waals surface area contributed by atoms with Gasteiger partial charge in [0.1, 0.15) is 5.82 Å². The summed E-state index contributed by atoms with van der Waals surface area (Å²) in [7, 11) is -3.95. The molecule has 2 aliphatic heterocycles. The number of amides is 3. The van der Waals surface area contributed by atoms with Crippen LogP contribution in [-0.2, 0) is 24.4 Å². The molecule has 1 aromatic rings. The highest BCUT2D eigenvalue weighted by Crippen LogP contribution is 2.25. The lowest BCUT2D eigenvalue weighted by Gasteiger charge is -2.42. The second-order valence-corrected chi connectivity index (χ2v) is 7.99. The summed E-state index contributed by atoms with van der Waals surface area (Å²) in [4.78, 5) is 35.6. The van der Waals surface area contributed by atoms with Crippen LogP contribution in [0.3, 0.4) is 0 Å². The molecule has 2 heterocycles. The molecule has 3 rings (SSSR count). The summed E-state index contributed by atoms with van der Waals surface area (Å²) in [5, 5.41) is 4.68. The highest BCUT2D eigenvalue weighted by Gasteiger charge is 2.41. The van der Waals surface area contributed by atoms with E-state index in [-0.39, 0.29) is 36.8 Å². The van der Waals surface area contributed by atoms with Crippen molar-refractivity contribution in [3.8, 4) is 0 Å². The minimum atomic E-state index is -3.95. The van der Waals surface area contributed by atoms with Gasteiger partial charge >= 0.3 is 11.8 Å². The quantitative estimate of drug-likeness (QED) is 0.657. The number of nitrogens with one attached hydrogen (secondary N) is 2. The summed E-state index contributed by atoms with van der Waals surface area (Å²) < 4.78 is 40.7. The maximum Gasteiger partial charge on any atom is 0.312 e. The van der Waals surface area contributed by atoms with Gasteiger partial charge in [-0.15, -0.1) is 0 Å². The van der Waals surface area contributed by atoms with Crippen LogP contribution in [0.1, 0.15) is 6.92 Å². The molecule has 0 aromatic heterocycles. The Bertz CT molecular complexity index is 888. The fourth-order valence-electron chi connectivity index (χ4n) is 3.00. The van der Waals surface area contributed by atoms with Crippen molar-refractivity contribution < 1.29 is 27.2 Å². The van der Waals surface area contributed by atoms with Crippen LogP contribution in [0.15, 0.2) is 23.1 Å². The summed E-state index contributed by atoms with van der Waals surface area (Å²) in [5.41, 5.74) is -0.225. The van der Waals surface area contributed by atoms with Gasteiger partial charge in [-0.3, -0.25) is 14.4 Å². The van der Waals surface area contributed by atoms with Crippen molar-refractivity contribution in [2.45, 2.75) is 17.9 Å². The van der Waals surface area contributed by atoms with Crippen molar-refractivity contribution in [1.29, 1.82) is 0 Å². The predicted molar refractivity (Wildman–Crippen MR) is 88.0 cm³/mol. The lowest BCUT2D eigenvalue weighted by molar-refractivity contribution is -0.151. The lowest BCUT2D eigenvalue weighted by atomic mass is 10.1. The van der Waals surface area contributed by atoms with Crippen LogP contribution in [0.2, 0.25) is 0 Å². The smallest absolute Gasteiger partial charge is 0.312 e. The number of sulfonamides is 1. The van der Waals surface area contributed by atoms with E-state index in [0.29, 0.717) is 0 Å². The number of carbonyl (C=O) groups excluding carboxylic acids is 3. The van der Waals surface area contributed by atoms with Gasteiger partial charge in [0, 0.05) is 33.1 Å². The molecule has 1 atom stereocenters. The normalized spacial score (nSPS) is 21.2. The molecule has 140 valence electrons. The Morgan fingerprint density at radius 3 is 2.73 bits per heavy atom. The van der Waals surface area contributed by atoms with Gasteiger partial charge in [-0.05, 0) is 18.2 Å². The summed E-state index contributed by atoms with van der Waals surface area (Å²) in [6, 6.07) is 2.69. The predicted octanol–water partition coefficient (Wildman–Crippen LogP) is -0.885. The summed E-state index contributed by atoms with van der Waals surface area (Å²) in [6.45, 7) is 1.48. The topological polar surface area (TPSA) is 116 Å². The second kappa shape index (κ2) is 6.65. The Kier molecular flexibility index (Phi) is 4.67. The Labute approximate surface area is 149 Å². The second-order valence-electron chi connectivity index (χ2n) is 6.05. The van der Waals surface area contributed by atoms with Crippen LogP contribution in [0.25, 0.3) is 0 Å². The molecule has 3 amide bonds. The number of piperazine rings is 2. The monoisotopic (exact) mass is 384 g/mol. The number of hydrogen-bond acceptors (Lipinski definition) is 5. The Morgan fingerprint density at radius 2 is 2.04 bits per heavy atom. The molecular weight excluding hydrogens is 367 g/mol. The summed E-state index contributed by atoms with van der Waals surface area (Å²) in [6.07, 6.45) is 0. The first kappa shape index (κ1) is 18.3. The van der Waals surface area contributed by atoms with Crippen LogP contribution in [0, 0.1) is 5.82 Å². The number of fused-ring (bicyclic) bond motifs is 1. The van der Waals surface area contributed by atoms with E-state index in [0.717, 1.165) is 18.2 Å². The van der Waals surface area contributed by atoms with E-state index in [1.54, 1.807) is 0 Å². The lowest BCUT2D eigenvalue weighted by Crippen LogP contribution is -2.65. The minimum Gasteiger partial charge on any atom is -0.346 e. The first-order valence-corrected chi connectivity index (χ1v) is 9.30. The molecule has 9 nitrogen and oxygen atoms in total. The van der Waals surface area contributed by atoms with Crippen molar-refractivity contribution in [1.82, 2.24) is 14.5 Å². The van der Waals surface area contributed by atoms with Gasteiger partial charge in [0.15, 0.2) is 0 Å². The van der Waals surface area contributed by atoms with Gasteiger partial charge in [0.25, 0.3) is 0 Å². The Morgan fingerprint density at radius 1 is 1.31 bits per heavy atom. The fraction of sp³-hybridized carbons (Fsp3) is 0.400. The van der Waals surface area contributed by atoms with E-state index in [4.69, 9.17) is 0 Å². The molecule has 2 fully saturated rings. The van der Waals surface area contributed by atoms with Crippen LogP contribution in [-0.4, -0.2) is 67.6 Å². The average Bonchev–Trinajstić information content (AvgIpc) is 2.59. The van der Waals surface area contributed by atoms with E-state index in [9.17, 15) is 27.2 Å². The van der Waals surface area contributed by atoms with Gasteiger partial charge in [0.2, 0.25) is 15.9 Å². The SMILES string of the molecule is CC(=O)Nc1cc(S(=O)(=O)N2CCN3C(=O)C(=O)NC[C@@H]3C2)ccc1F. The number of carbonyl (C=O) groups is 3. The van der Waals surface area contributed by atoms with Crippen molar-refractivity contribution in [2.24, 2.45) is 0 Å². The summed E-state index contributed by atoms with van der Waals surface area (Å²) in [5.74, 6) is -2.64. The molecule has 2 aliphatic rings. The molecule has 26 heavy (non-hydrogen) atoms. The first-order chi connectivity index (χ1) is 12.2. The molecule has 0 spiro atoms. The van der Waals surface area contributed by atoms with Crippen LogP contribution in [0.4, 0.5) is 10.1 Å². The highest BCUT2D eigenvalue weighted by atomic mass is 32.2. The molecule has 0 radical (unpaired) electrons. The number of hydrogen-bond donors (Lipinski definition) is 2. The molecular formula is C15H17FN4O5S. The molecule has 11 heteroatoms. The van der Waals surface area contributed by atoms with E-state index in [2.05, 4.69) is 10.6 Å². The molecule has 0 bridgehead atoms. The zero-order valence-electron chi connectivity index (χ0n) is 13.9. The van der Waals surface area contributed by atoms with Gasteiger partial charge < -0.3 is 15.5 Å². The van der Waals surface area contributed by atoms with E-state index < -0.39 is 39.6 Å². The van der Waals surface area contributed by atoms with Crippen LogP contribution < -0.4 is 10.6 Å². The van der Waals surface area contributed by atoms with Crippen molar-refractivity contribution >= 4 is 33.4 Å². The zero-order chi connectivity index (χ0) is 19.1. The number of anilines is 1. The standard InChI is InChI=1S/C15H17FN4O5S/c1-9(21)18-13-6-11(2-3-12(13)16)26(24,25)19-4-5-20-10(8-19)7-17-14(22)15(20)23/h2-3,6,10H,4-5,7-8H2,1H3,(H,17,22)(H,18,21)/t10-/m1/s1. The third-order valence-electron chi connectivity index (χ3n) is 4.29. The van der Waals surface area contributed by atoms with Gasteiger partial charge in [-0.1, -0.05) is 0 Å². The van der Waals surface area contributed by atoms with Gasteiger partial charge in [0.05, 0.1) is 16.6 Å². The van der Waals surface area contributed by atoms with Crippen molar-refractivity contribution in [3.63, 3.8) is 0 Å². The first-order valence-electron chi connectivity index (χ1n) is 7.86.